The van der Waals surface area contributed by atoms with Gasteiger partial charge in [-0.1, -0.05) is 6.92 Å². The molecule has 1 aliphatic rings. The molecule has 2 aromatic heterocycles. The first kappa shape index (κ1) is 20.1. The van der Waals surface area contributed by atoms with Crippen molar-refractivity contribution < 1.29 is 22.7 Å². The largest absolute Gasteiger partial charge is 0.494 e. The normalized spacial score (nSPS) is 19.5. The second-order valence-electron chi connectivity index (χ2n) is 7.35. The van der Waals surface area contributed by atoms with Crippen molar-refractivity contribution in [3.05, 3.63) is 53.4 Å². The second-order valence-corrected chi connectivity index (χ2v) is 7.35. The second kappa shape index (κ2) is 7.92. The van der Waals surface area contributed by atoms with E-state index in [0.29, 0.717) is 30.8 Å². The molecule has 0 spiro atoms. The van der Waals surface area contributed by atoms with E-state index in [-0.39, 0.29) is 35.0 Å². The number of fused-ring (bicyclic) bond motifs is 1. The lowest BCUT2D eigenvalue weighted by atomic mass is 9.84. The van der Waals surface area contributed by atoms with E-state index in [0.717, 1.165) is 0 Å². The number of methoxy groups -OCH3 is 1. The molecule has 3 heterocycles. The Morgan fingerprint density at radius 3 is 2.83 bits per heavy atom. The maximum absolute atomic E-state index is 13.7. The van der Waals surface area contributed by atoms with Crippen LogP contribution in [0.3, 0.4) is 0 Å². The topological polar surface area (TPSA) is 72.6 Å². The van der Waals surface area contributed by atoms with Crippen LogP contribution in [0.1, 0.15) is 47.4 Å². The first-order valence-electron chi connectivity index (χ1n) is 9.50. The molecular weight excluding hydrogens is 399 g/mol. The third kappa shape index (κ3) is 3.57. The number of hydrogen-bond acceptors (Lipinski definition) is 5. The van der Waals surface area contributed by atoms with E-state index >= 15 is 0 Å². The maximum Gasteiger partial charge on any atom is 0.280 e. The predicted molar refractivity (Wildman–Crippen MR) is 101 cm³/mol. The number of benzene rings is 1. The van der Waals surface area contributed by atoms with E-state index < -0.39 is 12.2 Å². The van der Waals surface area contributed by atoms with Crippen LogP contribution in [-0.2, 0) is 0 Å². The van der Waals surface area contributed by atoms with Gasteiger partial charge in [-0.15, -0.1) is 0 Å². The monoisotopic (exact) mass is 419 g/mol. The van der Waals surface area contributed by atoms with Crippen LogP contribution in [0.2, 0.25) is 0 Å². The molecule has 1 amide bonds. The summed E-state index contributed by atoms with van der Waals surface area (Å²) in [5.74, 6) is -0.858. The lowest BCUT2D eigenvalue weighted by Crippen LogP contribution is -2.42. The Kier molecular flexibility index (Phi) is 5.31. The average molecular weight is 419 g/mol. The summed E-state index contributed by atoms with van der Waals surface area (Å²) in [6, 6.07) is 5.29. The van der Waals surface area contributed by atoms with Crippen LogP contribution in [0.5, 0.6) is 5.75 Å². The molecule has 4 rings (SSSR count). The molecule has 10 heteroatoms. The number of aromatic nitrogens is 4. The molecule has 158 valence electrons. The fraction of sp³-hybridized carbons (Fsp3) is 0.400. The molecular formula is C20H20F3N5O2. The van der Waals surface area contributed by atoms with Crippen LogP contribution in [0, 0.1) is 11.7 Å². The third-order valence-corrected chi connectivity index (χ3v) is 5.55. The SMILES string of the molecule is COc1cc(C(=O)N2CCC(C)[C@H](c3cc(C(F)F)nc4ncnn34)C2)ccc1F. The first-order valence-corrected chi connectivity index (χ1v) is 9.50. The van der Waals surface area contributed by atoms with Gasteiger partial charge < -0.3 is 9.64 Å². The summed E-state index contributed by atoms with van der Waals surface area (Å²) >= 11 is 0. The van der Waals surface area contributed by atoms with Crippen molar-refractivity contribution >= 4 is 11.7 Å². The van der Waals surface area contributed by atoms with E-state index in [1.807, 2.05) is 6.92 Å². The van der Waals surface area contributed by atoms with E-state index in [1.165, 1.54) is 42.2 Å². The molecule has 2 atom stereocenters. The Labute approximate surface area is 170 Å². The van der Waals surface area contributed by atoms with E-state index in [1.54, 1.807) is 4.90 Å². The van der Waals surface area contributed by atoms with Crippen LogP contribution in [0.15, 0.2) is 30.6 Å². The van der Waals surface area contributed by atoms with Crippen LogP contribution >= 0.6 is 0 Å². The highest BCUT2D eigenvalue weighted by Gasteiger charge is 2.33. The molecule has 1 aliphatic heterocycles. The van der Waals surface area contributed by atoms with Crippen LogP contribution in [0.25, 0.3) is 5.78 Å². The van der Waals surface area contributed by atoms with Crippen molar-refractivity contribution in [1.29, 1.82) is 0 Å². The summed E-state index contributed by atoms with van der Waals surface area (Å²) in [5, 5.41) is 4.13. The fourth-order valence-electron chi connectivity index (χ4n) is 3.84. The van der Waals surface area contributed by atoms with Gasteiger partial charge in [0.05, 0.1) is 12.8 Å². The lowest BCUT2D eigenvalue weighted by Gasteiger charge is -2.37. The highest BCUT2D eigenvalue weighted by molar-refractivity contribution is 5.94. The minimum Gasteiger partial charge on any atom is -0.494 e. The zero-order valence-corrected chi connectivity index (χ0v) is 16.4. The number of carbonyl (C=O) groups excluding carboxylic acids is 1. The maximum atomic E-state index is 13.7. The molecule has 0 N–H and O–H groups in total. The number of amides is 1. The van der Waals surface area contributed by atoms with Gasteiger partial charge in [-0.25, -0.2) is 22.7 Å². The molecule has 3 aromatic rings. The molecule has 0 bridgehead atoms. The summed E-state index contributed by atoms with van der Waals surface area (Å²) in [4.78, 5) is 22.5. The van der Waals surface area contributed by atoms with E-state index in [2.05, 4.69) is 15.1 Å². The zero-order chi connectivity index (χ0) is 21.4. The third-order valence-electron chi connectivity index (χ3n) is 5.55. The molecule has 1 saturated heterocycles. The van der Waals surface area contributed by atoms with Gasteiger partial charge in [-0.05, 0) is 36.6 Å². The number of likely N-dealkylation sites (tertiary alicyclic amines) is 1. The van der Waals surface area contributed by atoms with Gasteiger partial charge >= 0.3 is 0 Å². The van der Waals surface area contributed by atoms with Gasteiger partial charge in [0, 0.05) is 24.6 Å². The van der Waals surface area contributed by atoms with Gasteiger partial charge in [0.2, 0.25) is 0 Å². The van der Waals surface area contributed by atoms with Crippen LogP contribution < -0.4 is 4.74 Å². The van der Waals surface area contributed by atoms with Gasteiger partial charge in [0.15, 0.2) is 11.6 Å². The summed E-state index contributed by atoms with van der Waals surface area (Å²) in [5.41, 5.74) is 0.467. The molecule has 0 saturated carbocycles. The Hall–Kier alpha value is -3.17. The summed E-state index contributed by atoms with van der Waals surface area (Å²) < 4.78 is 46.8. The Bertz CT molecular complexity index is 1090. The number of nitrogens with zero attached hydrogens (tertiary/aromatic N) is 5. The molecule has 0 aliphatic carbocycles. The van der Waals surface area contributed by atoms with Crippen molar-refractivity contribution in [2.45, 2.75) is 25.7 Å². The molecule has 1 fully saturated rings. The van der Waals surface area contributed by atoms with Crippen LogP contribution in [-0.4, -0.2) is 50.6 Å². The van der Waals surface area contributed by atoms with Crippen molar-refractivity contribution in [2.75, 3.05) is 20.2 Å². The van der Waals surface area contributed by atoms with Crippen molar-refractivity contribution in [3.63, 3.8) is 0 Å². The smallest absolute Gasteiger partial charge is 0.280 e. The van der Waals surface area contributed by atoms with Gasteiger partial charge in [-0.2, -0.15) is 10.1 Å². The molecule has 30 heavy (non-hydrogen) atoms. The van der Waals surface area contributed by atoms with Crippen molar-refractivity contribution in [1.82, 2.24) is 24.5 Å². The number of alkyl halides is 2. The quantitative estimate of drug-likeness (QED) is 0.648. The van der Waals surface area contributed by atoms with Gasteiger partial charge in [0.1, 0.15) is 12.0 Å². The van der Waals surface area contributed by atoms with Crippen LogP contribution in [0.4, 0.5) is 13.2 Å². The minimum absolute atomic E-state index is 0.0113. The molecule has 7 nitrogen and oxygen atoms in total. The van der Waals surface area contributed by atoms with E-state index in [4.69, 9.17) is 4.74 Å². The lowest BCUT2D eigenvalue weighted by molar-refractivity contribution is 0.0665. The average Bonchev–Trinajstić information content (AvgIpc) is 3.22. The standard InChI is InChI=1S/C20H20F3N5O2/c1-11-5-6-27(19(29)12-3-4-14(21)17(7-12)30-2)9-13(11)16-8-15(18(22)23)26-20-24-10-25-28(16)20/h3-4,7-8,10-11,13,18H,5-6,9H2,1-2H3/t11?,13-/m1/s1. The van der Waals surface area contributed by atoms with Crippen molar-refractivity contribution in [2.24, 2.45) is 5.92 Å². The number of piperidine rings is 1. The Morgan fingerprint density at radius 2 is 2.10 bits per heavy atom. The highest BCUT2D eigenvalue weighted by Crippen LogP contribution is 2.34. The molecule has 1 aromatic carbocycles. The summed E-state index contributed by atoms with van der Waals surface area (Å²) in [6.07, 6.45) is -0.798. The first-order chi connectivity index (χ1) is 14.4. The predicted octanol–water partition coefficient (Wildman–Crippen LogP) is 3.48. The highest BCUT2D eigenvalue weighted by atomic mass is 19.3. The number of hydrogen-bond donors (Lipinski definition) is 0. The number of carbonyl (C=O) groups is 1. The number of ether oxygens (including phenoxy) is 1. The van der Waals surface area contributed by atoms with Gasteiger partial charge in [0.25, 0.3) is 18.1 Å². The van der Waals surface area contributed by atoms with Crippen molar-refractivity contribution in [3.8, 4) is 5.75 Å². The molecule has 1 unspecified atom stereocenters. The summed E-state index contributed by atoms with van der Waals surface area (Å²) in [6.45, 7) is 2.82. The Balaban J connectivity index is 1.67. The zero-order valence-electron chi connectivity index (χ0n) is 16.4. The van der Waals surface area contributed by atoms with Gasteiger partial charge in [-0.3, -0.25) is 4.79 Å². The van der Waals surface area contributed by atoms with E-state index in [9.17, 15) is 18.0 Å². The summed E-state index contributed by atoms with van der Waals surface area (Å²) in [7, 11) is 1.33. The number of rotatable bonds is 4. The minimum atomic E-state index is -2.74. The Morgan fingerprint density at radius 1 is 1.30 bits per heavy atom. The molecule has 0 radical (unpaired) electrons. The number of halogens is 3. The fourth-order valence-corrected chi connectivity index (χ4v) is 3.84.